The van der Waals surface area contributed by atoms with Gasteiger partial charge in [0.2, 0.25) is 0 Å². The molecule has 0 aliphatic heterocycles. The van der Waals surface area contributed by atoms with E-state index < -0.39 is 0 Å². The van der Waals surface area contributed by atoms with Gasteiger partial charge in [0.15, 0.2) is 0 Å². The van der Waals surface area contributed by atoms with E-state index in [-0.39, 0.29) is 0 Å². The van der Waals surface area contributed by atoms with Crippen molar-refractivity contribution in [2.24, 2.45) is 11.8 Å². The van der Waals surface area contributed by atoms with Gasteiger partial charge in [0.1, 0.15) is 0 Å². The predicted octanol–water partition coefficient (Wildman–Crippen LogP) is 6.77. The molecule has 1 rings (SSSR count). The molecule has 1 aromatic rings. The zero-order chi connectivity index (χ0) is 15.1. The van der Waals surface area contributed by atoms with Gasteiger partial charge in [0.25, 0.3) is 0 Å². The highest BCUT2D eigenvalue weighted by Gasteiger charge is 2.12. The molecule has 0 saturated carbocycles. The van der Waals surface area contributed by atoms with E-state index in [9.17, 15) is 0 Å². The van der Waals surface area contributed by atoms with Crippen molar-refractivity contribution < 1.29 is 0 Å². The largest absolute Gasteiger partial charge is 0.0651 e. The average molecular weight is 274 g/mol. The molecule has 0 aliphatic carbocycles. The molecule has 4 atom stereocenters. The zero-order valence-corrected chi connectivity index (χ0v) is 14.4. The first-order chi connectivity index (χ1) is 9.47. The minimum absolute atomic E-state index is 0.684. The summed E-state index contributed by atoms with van der Waals surface area (Å²) in [5.41, 5.74) is 3.01. The van der Waals surface area contributed by atoms with Crippen LogP contribution in [0.25, 0.3) is 0 Å². The second kappa shape index (κ2) is 8.49. The molecule has 4 unspecified atom stereocenters. The van der Waals surface area contributed by atoms with Crippen LogP contribution in [-0.2, 0) is 0 Å². The summed E-state index contributed by atoms with van der Waals surface area (Å²) >= 11 is 0. The van der Waals surface area contributed by atoms with Gasteiger partial charge in [-0.25, -0.2) is 0 Å². The Hall–Kier alpha value is -0.780. The van der Waals surface area contributed by atoms with Crippen molar-refractivity contribution >= 4 is 0 Å². The molecule has 0 bridgehead atoms. The third-order valence-electron chi connectivity index (χ3n) is 4.98. The minimum Gasteiger partial charge on any atom is -0.0651 e. The molecule has 20 heavy (non-hydrogen) atoms. The summed E-state index contributed by atoms with van der Waals surface area (Å²) in [5.74, 6) is 3.02. The van der Waals surface area contributed by atoms with Gasteiger partial charge in [-0.05, 0) is 47.6 Å². The molecule has 0 radical (unpaired) electrons. The third-order valence-corrected chi connectivity index (χ3v) is 4.98. The smallest absolute Gasteiger partial charge is 0.0188 e. The van der Waals surface area contributed by atoms with Crippen LogP contribution in [0.1, 0.15) is 90.2 Å². The summed E-state index contributed by atoms with van der Waals surface area (Å²) < 4.78 is 0. The van der Waals surface area contributed by atoms with Gasteiger partial charge in [-0.2, -0.15) is 0 Å². The van der Waals surface area contributed by atoms with Crippen LogP contribution in [0.4, 0.5) is 0 Å². The van der Waals surface area contributed by atoms with Crippen LogP contribution in [0.15, 0.2) is 24.3 Å². The summed E-state index contributed by atoms with van der Waals surface area (Å²) in [4.78, 5) is 0. The lowest BCUT2D eigenvalue weighted by atomic mass is 9.86. The second-order valence-electron chi connectivity index (χ2n) is 6.97. The van der Waals surface area contributed by atoms with Crippen LogP contribution in [0.5, 0.6) is 0 Å². The molecule has 114 valence electrons. The monoisotopic (exact) mass is 274 g/mol. The Balaban J connectivity index is 2.63. The van der Waals surface area contributed by atoms with Crippen molar-refractivity contribution in [1.29, 1.82) is 0 Å². The van der Waals surface area contributed by atoms with Crippen LogP contribution >= 0.6 is 0 Å². The van der Waals surface area contributed by atoms with Gasteiger partial charge in [-0.15, -0.1) is 0 Å². The summed E-state index contributed by atoms with van der Waals surface area (Å²) in [5, 5.41) is 0. The highest BCUT2D eigenvalue weighted by atomic mass is 14.2. The van der Waals surface area contributed by atoms with Gasteiger partial charge in [-0.3, -0.25) is 0 Å². The summed E-state index contributed by atoms with van der Waals surface area (Å²) in [7, 11) is 0. The number of rotatable bonds is 8. The SMILES string of the molecule is CCC(C)CC(C)c1ccc(C(C)CC(C)CC)cc1. The number of hydrogen-bond acceptors (Lipinski definition) is 0. The first-order valence-electron chi connectivity index (χ1n) is 8.57. The van der Waals surface area contributed by atoms with Gasteiger partial charge in [-0.1, -0.05) is 78.6 Å². The maximum Gasteiger partial charge on any atom is -0.0188 e. The lowest BCUT2D eigenvalue weighted by Crippen LogP contribution is -2.03. The standard InChI is InChI=1S/C20H34/c1-7-15(3)13-17(5)19-9-11-20(12-10-19)18(6)14-16(4)8-2/h9-12,15-18H,7-8,13-14H2,1-6H3. The van der Waals surface area contributed by atoms with E-state index in [1.807, 2.05) is 0 Å². The molecular weight excluding hydrogens is 240 g/mol. The lowest BCUT2D eigenvalue weighted by molar-refractivity contribution is 0.468. The molecule has 0 aromatic heterocycles. The first-order valence-corrected chi connectivity index (χ1v) is 8.57. The van der Waals surface area contributed by atoms with E-state index in [0.717, 1.165) is 11.8 Å². The quantitative estimate of drug-likeness (QED) is 0.491. The van der Waals surface area contributed by atoms with Gasteiger partial charge >= 0.3 is 0 Å². The van der Waals surface area contributed by atoms with E-state index >= 15 is 0 Å². The van der Waals surface area contributed by atoms with Crippen molar-refractivity contribution in [1.82, 2.24) is 0 Å². The average Bonchev–Trinajstić information content (AvgIpc) is 2.46. The normalized spacial score (nSPS) is 17.5. The van der Waals surface area contributed by atoms with Gasteiger partial charge in [0.05, 0.1) is 0 Å². The van der Waals surface area contributed by atoms with Crippen molar-refractivity contribution in [2.45, 2.75) is 79.1 Å². The van der Waals surface area contributed by atoms with E-state index in [1.165, 1.54) is 36.8 Å². The fourth-order valence-electron chi connectivity index (χ4n) is 2.97. The number of hydrogen-bond donors (Lipinski definition) is 0. The topological polar surface area (TPSA) is 0 Å². The number of benzene rings is 1. The van der Waals surface area contributed by atoms with Crippen molar-refractivity contribution in [3.8, 4) is 0 Å². The van der Waals surface area contributed by atoms with Crippen molar-refractivity contribution in [3.63, 3.8) is 0 Å². The van der Waals surface area contributed by atoms with Gasteiger partial charge < -0.3 is 0 Å². The Bertz CT molecular complexity index is 325. The van der Waals surface area contributed by atoms with Crippen LogP contribution in [-0.4, -0.2) is 0 Å². The third kappa shape index (κ3) is 5.31. The van der Waals surface area contributed by atoms with Crippen molar-refractivity contribution in [2.75, 3.05) is 0 Å². The van der Waals surface area contributed by atoms with Crippen molar-refractivity contribution in [3.05, 3.63) is 35.4 Å². The molecule has 0 nitrogen and oxygen atoms in total. The predicted molar refractivity (Wildman–Crippen MR) is 91.4 cm³/mol. The molecule has 0 amide bonds. The van der Waals surface area contributed by atoms with E-state index in [4.69, 9.17) is 0 Å². The molecule has 0 heterocycles. The fourth-order valence-corrected chi connectivity index (χ4v) is 2.97. The first kappa shape index (κ1) is 17.3. The second-order valence-corrected chi connectivity index (χ2v) is 6.97. The summed E-state index contributed by atoms with van der Waals surface area (Å²) in [6, 6.07) is 9.43. The molecule has 0 spiro atoms. The molecule has 1 aromatic carbocycles. The highest BCUT2D eigenvalue weighted by molar-refractivity contribution is 5.27. The van der Waals surface area contributed by atoms with Crippen LogP contribution in [0, 0.1) is 11.8 Å². The Kier molecular flexibility index (Phi) is 7.34. The van der Waals surface area contributed by atoms with Gasteiger partial charge in [0, 0.05) is 0 Å². The molecule has 0 heteroatoms. The molecule has 0 fully saturated rings. The molecule has 0 aliphatic rings. The van der Waals surface area contributed by atoms with Crippen LogP contribution in [0.3, 0.4) is 0 Å². The Morgan fingerprint density at radius 3 is 1.20 bits per heavy atom. The van der Waals surface area contributed by atoms with E-state index in [1.54, 1.807) is 0 Å². The molecule has 0 N–H and O–H groups in total. The molecule has 0 saturated heterocycles. The van der Waals surface area contributed by atoms with Crippen LogP contribution < -0.4 is 0 Å². The zero-order valence-electron chi connectivity index (χ0n) is 14.4. The Labute approximate surface area is 127 Å². The Morgan fingerprint density at radius 1 is 0.650 bits per heavy atom. The summed E-state index contributed by atoms with van der Waals surface area (Å²) in [6.45, 7) is 14.0. The highest BCUT2D eigenvalue weighted by Crippen LogP contribution is 2.28. The lowest BCUT2D eigenvalue weighted by Gasteiger charge is -2.19. The molecular formula is C20H34. The van der Waals surface area contributed by atoms with Crippen LogP contribution in [0.2, 0.25) is 0 Å². The maximum atomic E-state index is 2.36. The van der Waals surface area contributed by atoms with E-state index in [2.05, 4.69) is 65.8 Å². The maximum absolute atomic E-state index is 2.36. The van der Waals surface area contributed by atoms with E-state index in [0.29, 0.717) is 11.8 Å². The summed E-state index contributed by atoms with van der Waals surface area (Å²) in [6.07, 6.45) is 5.18. The fraction of sp³-hybridized carbons (Fsp3) is 0.700. The Morgan fingerprint density at radius 2 is 0.950 bits per heavy atom. The minimum atomic E-state index is 0.684.